The molecule has 0 fully saturated rings. The average molecular weight is 643 g/mol. The Morgan fingerprint density at radius 1 is 0.340 bits per heavy atom. The van der Waals surface area contributed by atoms with E-state index in [1.165, 1.54) is 55.6 Å². The van der Waals surface area contributed by atoms with Gasteiger partial charge in [-0.25, -0.2) is 0 Å². The average Bonchev–Trinajstić information content (AvgIpc) is 3.83. The summed E-state index contributed by atoms with van der Waals surface area (Å²) in [5.41, 5.74) is 18.8. The predicted molar refractivity (Wildman–Crippen MR) is 207 cm³/mol. The normalized spacial score (nSPS) is 15.1. The third-order valence-corrected chi connectivity index (χ3v) is 11.9. The van der Waals surface area contributed by atoms with E-state index in [0.717, 1.165) is 55.0 Å². The highest BCUT2D eigenvalue weighted by atomic mass is 16.3. The first-order valence-corrected chi connectivity index (χ1v) is 17.6. The molecule has 2 nitrogen and oxygen atoms in total. The zero-order chi connectivity index (χ0) is 33.5. The maximum absolute atomic E-state index is 6.77. The second-order valence-electron chi connectivity index (χ2n) is 15.3. The van der Waals surface area contributed by atoms with Gasteiger partial charge in [-0.05, 0) is 79.9 Å². The minimum absolute atomic E-state index is 0.0604. The number of rotatable bonds is 2. The molecule has 0 spiro atoms. The Labute approximate surface area is 290 Å². The SMILES string of the molecule is CC1(C)c2ccccc2-c2ccc(-c3cccc4c3oc3cc5c(cc34)oc3c(-c4ccc6c(c4)C(C)(C)c4ccccc4-6)cccc35)cc21. The molecule has 50 heavy (non-hydrogen) atoms. The van der Waals surface area contributed by atoms with Gasteiger partial charge in [-0.3, -0.25) is 0 Å². The van der Waals surface area contributed by atoms with Crippen LogP contribution < -0.4 is 0 Å². The fourth-order valence-electron chi connectivity index (χ4n) is 9.29. The lowest BCUT2D eigenvalue weighted by atomic mass is 9.81. The summed E-state index contributed by atoms with van der Waals surface area (Å²) in [4.78, 5) is 0. The number of hydrogen-bond donors (Lipinski definition) is 0. The second-order valence-corrected chi connectivity index (χ2v) is 15.3. The molecule has 7 aromatic carbocycles. The van der Waals surface area contributed by atoms with E-state index in [1.807, 2.05) is 0 Å². The first-order chi connectivity index (χ1) is 24.3. The van der Waals surface area contributed by atoms with Crippen molar-refractivity contribution in [3.05, 3.63) is 156 Å². The van der Waals surface area contributed by atoms with Crippen LogP contribution in [0.1, 0.15) is 49.9 Å². The third kappa shape index (κ3) is 3.53. The van der Waals surface area contributed by atoms with Gasteiger partial charge >= 0.3 is 0 Å². The highest BCUT2D eigenvalue weighted by Gasteiger charge is 2.36. The van der Waals surface area contributed by atoms with Crippen molar-refractivity contribution in [3.8, 4) is 44.5 Å². The lowest BCUT2D eigenvalue weighted by molar-refractivity contribution is 0.659. The molecule has 0 N–H and O–H groups in total. The van der Waals surface area contributed by atoms with Crippen molar-refractivity contribution in [2.75, 3.05) is 0 Å². The summed E-state index contributed by atoms with van der Waals surface area (Å²) in [6, 6.07) is 48.8. The molecule has 0 bridgehead atoms. The Bertz CT molecular complexity index is 2730. The Kier molecular flexibility index (Phi) is 5.28. The summed E-state index contributed by atoms with van der Waals surface area (Å²) in [7, 11) is 0. The van der Waals surface area contributed by atoms with Gasteiger partial charge in [-0.1, -0.05) is 137 Å². The maximum atomic E-state index is 6.77. The van der Waals surface area contributed by atoms with Crippen LogP contribution in [-0.4, -0.2) is 0 Å². The van der Waals surface area contributed by atoms with Gasteiger partial charge < -0.3 is 8.83 Å². The molecule has 2 heteroatoms. The summed E-state index contributed by atoms with van der Waals surface area (Å²) in [6.07, 6.45) is 0. The van der Waals surface area contributed by atoms with E-state index in [-0.39, 0.29) is 10.8 Å². The second kappa shape index (κ2) is 9.43. The van der Waals surface area contributed by atoms with Gasteiger partial charge in [0.2, 0.25) is 0 Å². The number of fused-ring (bicyclic) bond motifs is 12. The number of hydrogen-bond acceptors (Lipinski definition) is 2. The van der Waals surface area contributed by atoms with Crippen LogP contribution in [0.2, 0.25) is 0 Å². The van der Waals surface area contributed by atoms with Crippen LogP contribution in [0, 0.1) is 0 Å². The van der Waals surface area contributed by atoms with E-state index in [1.54, 1.807) is 0 Å². The van der Waals surface area contributed by atoms with E-state index in [9.17, 15) is 0 Å². The lowest BCUT2D eigenvalue weighted by Gasteiger charge is -2.22. The Morgan fingerprint density at radius 3 is 1.20 bits per heavy atom. The summed E-state index contributed by atoms with van der Waals surface area (Å²) in [6.45, 7) is 9.33. The molecule has 0 atom stereocenters. The van der Waals surface area contributed by atoms with Gasteiger partial charge in [-0.2, -0.15) is 0 Å². The minimum atomic E-state index is -0.0604. The van der Waals surface area contributed by atoms with Crippen molar-refractivity contribution in [3.63, 3.8) is 0 Å². The van der Waals surface area contributed by atoms with Gasteiger partial charge in [0.15, 0.2) is 0 Å². The fraction of sp³-hybridized carbons (Fsp3) is 0.125. The summed E-state index contributed by atoms with van der Waals surface area (Å²) < 4.78 is 13.5. The summed E-state index contributed by atoms with van der Waals surface area (Å²) >= 11 is 0. The van der Waals surface area contributed by atoms with E-state index in [2.05, 4.69) is 161 Å². The van der Waals surface area contributed by atoms with Crippen LogP contribution in [0.25, 0.3) is 88.4 Å². The van der Waals surface area contributed by atoms with Crippen LogP contribution in [-0.2, 0) is 10.8 Å². The van der Waals surface area contributed by atoms with Crippen molar-refractivity contribution in [1.29, 1.82) is 0 Å². The van der Waals surface area contributed by atoms with Crippen molar-refractivity contribution in [2.24, 2.45) is 0 Å². The van der Waals surface area contributed by atoms with Crippen LogP contribution in [0.4, 0.5) is 0 Å². The van der Waals surface area contributed by atoms with Gasteiger partial charge in [0, 0.05) is 43.5 Å². The number of para-hydroxylation sites is 2. The van der Waals surface area contributed by atoms with Crippen LogP contribution in [0.15, 0.2) is 142 Å². The monoisotopic (exact) mass is 642 g/mol. The third-order valence-electron chi connectivity index (χ3n) is 11.9. The minimum Gasteiger partial charge on any atom is -0.455 e. The van der Waals surface area contributed by atoms with Crippen molar-refractivity contribution >= 4 is 43.9 Å². The van der Waals surface area contributed by atoms with Crippen LogP contribution in [0.3, 0.4) is 0 Å². The molecular weight excluding hydrogens is 609 g/mol. The lowest BCUT2D eigenvalue weighted by Crippen LogP contribution is -2.14. The Hall–Kier alpha value is -5.86. The Balaban J connectivity index is 1.05. The fourth-order valence-corrected chi connectivity index (χ4v) is 9.29. The summed E-state index contributed by atoms with van der Waals surface area (Å²) in [5, 5.41) is 4.34. The molecule has 0 saturated carbocycles. The predicted octanol–water partition coefficient (Wildman–Crippen LogP) is 13.4. The van der Waals surface area contributed by atoms with Crippen LogP contribution in [0.5, 0.6) is 0 Å². The van der Waals surface area contributed by atoms with Gasteiger partial charge in [0.25, 0.3) is 0 Å². The van der Waals surface area contributed by atoms with Crippen LogP contribution >= 0.6 is 0 Å². The first kappa shape index (κ1) is 28.0. The highest BCUT2D eigenvalue weighted by Crippen LogP contribution is 2.52. The molecule has 0 unspecified atom stereocenters. The zero-order valence-corrected chi connectivity index (χ0v) is 28.5. The molecule has 0 aliphatic heterocycles. The largest absolute Gasteiger partial charge is 0.455 e. The van der Waals surface area contributed by atoms with Crippen molar-refractivity contribution < 1.29 is 8.83 Å². The zero-order valence-electron chi connectivity index (χ0n) is 28.5. The van der Waals surface area contributed by atoms with Gasteiger partial charge in [0.1, 0.15) is 22.3 Å². The van der Waals surface area contributed by atoms with E-state index < -0.39 is 0 Å². The van der Waals surface area contributed by atoms with Crippen molar-refractivity contribution in [2.45, 2.75) is 38.5 Å². The summed E-state index contributed by atoms with van der Waals surface area (Å²) in [5.74, 6) is 0. The molecule has 0 saturated heterocycles. The van der Waals surface area contributed by atoms with E-state index >= 15 is 0 Å². The smallest absolute Gasteiger partial charge is 0.143 e. The standard InChI is InChI=1S/C48H34O2/c1-47(2)39-17-7-5-11-31(39)33-21-19-27(23-41(33)47)29-13-9-15-35-37-25-44-38(26-43(37)49-45(29)35)36-16-10-14-30(46(36)50-44)28-20-22-34-32-12-6-8-18-40(32)48(3,4)42(34)24-28/h5-26H,1-4H3. The topological polar surface area (TPSA) is 26.3 Å². The molecule has 2 aromatic heterocycles. The van der Waals surface area contributed by atoms with Crippen molar-refractivity contribution in [1.82, 2.24) is 0 Å². The molecular formula is C48H34O2. The molecule has 0 amide bonds. The van der Waals surface area contributed by atoms with Gasteiger partial charge in [0.05, 0.1) is 0 Å². The van der Waals surface area contributed by atoms with Gasteiger partial charge in [-0.15, -0.1) is 0 Å². The van der Waals surface area contributed by atoms with E-state index in [4.69, 9.17) is 8.83 Å². The molecule has 9 aromatic rings. The highest BCUT2D eigenvalue weighted by molar-refractivity contribution is 6.18. The Morgan fingerprint density at radius 2 is 0.740 bits per heavy atom. The first-order valence-electron chi connectivity index (χ1n) is 17.6. The molecule has 11 rings (SSSR count). The number of furan rings is 2. The van der Waals surface area contributed by atoms with E-state index in [0.29, 0.717) is 0 Å². The molecule has 2 aliphatic rings. The maximum Gasteiger partial charge on any atom is 0.143 e. The molecule has 2 heterocycles. The number of benzene rings is 7. The quantitative estimate of drug-likeness (QED) is 0.188. The molecule has 2 aliphatic carbocycles. The molecule has 0 radical (unpaired) electrons. The molecule has 238 valence electrons.